The van der Waals surface area contributed by atoms with Crippen LogP contribution in [0.1, 0.15) is 10.4 Å². The molecular formula is C16H10F2N2OS. The molecule has 110 valence electrons. The second kappa shape index (κ2) is 6.19. The van der Waals surface area contributed by atoms with Gasteiger partial charge in [-0.2, -0.15) is 0 Å². The van der Waals surface area contributed by atoms with Crippen LogP contribution >= 0.6 is 11.8 Å². The average Bonchev–Trinajstić information content (AvgIpc) is 2.55. The van der Waals surface area contributed by atoms with Crippen molar-refractivity contribution in [2.45, 2.75) is 5.03 Å². The molecule has 0 N–H and O–H groups in total. The number of halogens is 2. The van der Waals surface area contributed by atoms with E-state index in [0.717, 1.165) is 23.0 Å². The Labute approximate surface area is 129 Å². The number of carbonyl (C=O) groups is 1. The Morgan fingerprint density at radius 3 is 2.68 bits per heavy atom. The van der Waals surface area contributed by atoms with Gasteiger partial charge in [0.25, 0.3) is 0 Å². The number of ketones is 1. The van der Waals surface area contributed by atoms with Crippen molar-refractivity contribution in [3.63, 3.8) is 0 Å². The minimum absolute atomic E-state index is 0.0894. The van der Waals surface area contributed by atoms with E-state index in [2.05, 4.69) is 9.97 Å². The Morgan fingerprint density at radius 1 is 1.05 bits per heavy atom. The van der Waals surface area contributed by atoms with Crippen LogP contribution in [0.4, 0.5) is 8.78 Å². The third kappa shape index (κ3) is 2.96. The molecule has 0 saturated carbocycles. The molecule has 0 aliphatic rings. The highest BCUT2D eigenvalue weighted by Gasteiger charge is 2.12. The first-order chi connectivity index (χ1) is 10.6. The Balaban J connectivity index is 1.79. The fourth-order valence-corrected chi connectivity index (χ4v) is 2.87. The lowest BCUT2D eigenvalue weighted by Crippen LogP contribution is -2.04. The lowest BCUT2D eigenvalue weighted by atomic mass is 10.1. The van der Waals surface area contributed by atoms with E-state index in [1.165, 1.54) is 24.2 Å². The van der Waals surface area contributed by atoms with Crippen molar-refractivity contribution >= 4 is 28.4 Å². The number of carbonyl (C=O) groups excluding carboxylic acids is 1. The molecule has 0 fully saturated rings. The SMILES string of the molecule is O=C(CSc1ncnc2ccccc12)c1ccc(F)c(F)c1. The maximum atomic E-state index is 13.2. The standard InChI is InChI=1S/C16H10F2N2OS/c17-12-6-5-10(7-13(12)18)15(21)8-22-16-11-3-1-2-4-14(11)19-9-20-16/h1-7,9H,8H2. The molecule has 0 aliphatic carbocycles. The molecule has 0 saturated heterocycles. The predicted molar refractivity (Wildman–Crippen MR) is 81.0 cm³/mol. The van der Waals surface area contributed by atoms with Crippen LogP contribution in [0, 0.1) is 11.6 Å². The molecule has 3 rings (SSSR count). The van der Waals surface area contributed by atoms with Crippen molar-refractivity contribution < 1.29 is 13.6 Å². The summed E-state index contributed by atoms with van der Waals surface area (Å²) in [4.78, 5) is 20.4. The third-order valence-electron chi connectivity index (χ3n) is 3.09. The number of aromatic nitrogens is 2. The summed E-state index contributed by atoms with van der Waals surface area (Å²) in [6, 6.07) is 10.6. The molecule has 0 bridgehead atoms. The second-order valence-electron chi connectivity index (χ2n) is 4.54. The number of hydrogen-bond acceptors (Lipinski definition) is 4. The minimum Gasteiger partial charge on any atom is -0.293 e. The van der Waals surface area contributed by atoms with Crippen molar-refractivity contribution in [3.8, 4) is 0 Å². The Morgan fingerprint density at radius 2 is 1.86 bits per heavy atom. The van der Waals surface area contributed by atoms with Crippen LogP contribution in [-0.2, 0) is 0 Å². The first-order valence-corrected chi connectivity index (χ1v) is 7.44. The molecule has 2 aromatic carbocycles. The van der Waals surface area contributed by atoms with Crippen LogP contribution < -0.4 is 0 Å². The van der Waals surface area contributed by atoms with E-state index in [1.807, 2.05) is 24.3 Å². The maximum absolute atomic E-state index is 13.2. The summed E-state index contributed by atoms with van der Waals surface area (Å²) in [6.07, 6.45) is 1.44. The lowest BCUT2D eigenvalue weighted by molar-refractivity contribution is 0.102. The Kier molecular flexibility index (Phi) is 4.11. The van der Waals surface area contributed by atoms with Gasteiger partial charge >= 0.3 is 0 Å². The van der Waals surface area contributed by atoms with E-state index in [4.69, 9.17) is 0 Å². The lowest BCUT2D eigenvalue weighted by Gasteiger charge is -2.04. The zero-order chi connectivity index (χ0) is 15.5. The molecule has 0 aliphatic heterocycles. The van der Waals surface area contributed by atoms with Gasteiger partial charge in [-0.1, -0.05) is 30.0 Å². The van der Waals surface area contributed by atoms with E-state index in [1.54, 1.807) is 0 Å². The molecular weight excluding hydrogens is 306 g/mol. The highest BCUT2D eigenvalue weighted by molar-refractivity contribution is 8.00. The molecule has 0 spiro atoms. The van der Waals surface area contributed by atoms with Crippen molar-refractivity contribution in [2.24, 2.45) is 0 Å². The van der Waals surface area contributed by atoms with Gasteiger partial charge in [0.05, 0.1) is 11.3 Å². The van der Waals surface area contributed by atoms with Gasteiger partial charge in [-0.15, -0.1) is 0 Å². The molecule has 0 unspecified atom stereocenters. The first-order valence-electron chi connectivity index (χ1n) is 6.46. The predicted octanol–water partition coefficient (Wildman–Crippen LogP) is 3.88. The highest BCUT2D eigenvalue weighted by Crippen LogP contribution is 2.25. The van der Waals surface area contributed by atoms with Gasteiger partial charge in [0.15, 0.2) is 17.4 Å². The van der Waals surface area contributed by atoms with Crippen molar-refractivity contribution in [2.75, 3.05) is 5.75 Å². The van der Waals surface area contributed by atoms with Crippen LogP contribution in [0.25, 0.3) is 10.9 Å². The molecule has 3 nitrogen and oxygen atoms in total. The normalized spacial score (nSPS) is 10.8. The van der Waals surface area contributed by atoms with Crippen LogP contribution in [0.5, 0.6) is 0 Å². The number of thioether (sulfide) groups is 1. The maximum Gasteiger partial charge on any atom is 0.173 e. The summed E-state index contributed by atoms with van der Waals surface area (Å²) in [5, 5.41) is 1.54. The number of para-hydroxylation sites is 1. The van der Waals surface area contributed by atoms with Crippen LogP contribution in [0.3, 0.4) is 0 Å². The van der Waals surface area contributed by atoms with Gasteiger partial charge in [0, 0.05) is 10.9 Å². The van der Waals surface area contributed by atoms with Gasteiger partial charge in [0.2, 0.25) is 0 Å². The topological polar surface area (TPSA) is 42.9 Å². The van der Waals surface area contributed by atoms with Gasteiger partial charge < -0.3 is 0 Å². The van der Waals surface area contributed by atoms with Gasteiger partial charge in [-0.05, 0) is 24.3 Å². The summed E-state index contributed by atoms with van der Waals surface area (Å²) < 4.78 is 26.0. The second-order valence-corrected chi connectivity index (χ2v) is 5.50. The third-order valence-corrected chi connectivity index (χ3v) is 4.09. The first kappa shape index (κ1) is 14.6. The summed E-state index contributed by atoms with van der Waals surface area (Å²) in [5.41, 5.74) is 0.935. The van der Waals surface area contributed by atoms with Gasteiger partial charge in [-0.25, -0.2) is 18.7 Å². The van der Waals surface area contributed by atoms with Crippen LogP contribution in [-0.4, -0.2) is 21.5 Å². The summed E-state index contributed by atoms with van der Waals surface area (Å²) >= 11 is 1.25. The van der Waals surface area contributed by atoms with Crippen molar-refractivity contribution in [1.29, 1.82) is 0 Å². The summed E-state index contributed by atoms with van der Waals surface area (Å²) in [5.74, 6) is -2.19. The number of hydrogen-bond donors (Lipinski definition) is 0. The van der Waals surface area contributed by atoms with E-state index in [0.29, 0.717) is 5.03 Å². The Bertz CT molecular complexity index is 849. The van der Waals surface area contributed by atoms with Crippen LogP contribution in [0.2, 0.25) is 0 Å². The molecule has 22 heavy (non-hydrogen) atoms. The molecule has 1 aromatic heterocycles. The fourth-order valence-electron chi connectivity index (χ4n) is 1.98. The number of rotatable bonds is 4. The molecule has 0 atom stereocenters. The number of nitrogens with zero attached hydrogens (tertiary/aromatic N) is 2. The highest BCUT2D eigenvalue weighted by atomic mass is 32.2. The van der Waals surface area contributed by atoms with E-state index in [-0.39, 0.29) is 17.1 Å². The van der Waals surface area contributed by atoms with Gasteiger partial charge in [0.1, 0.15) is 11.4 Å². The monoisotopic (exact) mass is 316 g/mol. The summed E-state index contributed by atoms with van der Waals surface area (Å²) in [6.45, 7) is 0. The minimum atomic E-state index is -1.02. The molecule has 1 heterocycles. The fraction of sp³-hybridized carbons (Fsp3) is 0.0625. The average molecular weight is 316 g/mol. The largest absolute Gasteiger partial charge is 0.293 e. The Hall–Kier alpha value is -2.34. The zero-order valence-electron chi connectivity index (χ0n) is 11.3. The number of benzene rings is 2. The van der Waals surface area contributed by atoms with E-state index < -0.39 is 11.6 Å². The number of fused-ring (bicyclic) bond motifs is 1. The van der Waals surface area contributed by atoms with E-state index in [9.17, 15) is 13.6 Å². The zero-order valence-corrected chi connectivity index (χ0v) is 12.1. The van der Waals surface area contributed by atoms with Crippen molar-refractivity contribution in [3.05, 3.63) is 66.0 Å². The van der Waals surface area contributed by atoms with Crippen LogP contribution in [0.15, 0.2) is 53.8 Å². The molecule has 0 radical (unpaired) electrons. The summed E-state index contributed by atoms with van der Waals surface area (Å²) in [7, 11) is 0. The van der Waals surface area contributed by atoms with Crippen molar-refractivity contribution in [1.82, 2.24) is 9.97 Å². The van der Waals surface area contributed by atoms with E-state index >= 15 is 0 Å². The molecule has 3 aromatic rings. The molecule has 6 heteroatoms. The number of Topliss-reactive ketones (excluding diaryl/α,β-unsaturated/α-hetero) is 1. The quantitative estimate of drug-likeness (QED) is 0.416. The smallest absolute Gasteiger partial charge is 0.173 e. The van der Waals surface area contributed by atoms with Gasteiger partial charge in [-0.3, -0.25) is 4.79 Å². The molecule has 0 amide bonds.